The van der Waals surface area contributed by atoms with Crippen LogP contribution in [0.1, 0.15) is 5.56 Å². The van der Waals surface area contributed by atoms with Gasteiger partial charge in [0.2, 0.25) is 11.8 Å². The number of nitro groups is 1. The molecule has 1 heterocycles. The first-order valence-corrected chi connectivity index (χ1v) is 8.46. The van der Waals surface area contributed by atoms with E-state index in [1.165, 1.54) is 42.7 Å². The van der Waals surface area contributed by atoms with Gasteiger partial charge >= 0.3 is 0 Å². The number of hydrogen-bond acceptors (Lipinski definition) is 6. The normalized spacial score (nSPS) is 10.6. The molecule has 29 heavy (non-hydrogen) atoms. The van der Waals surface area contributed by atoms with Crippen LogP contribution in [-0.2, 0) is 9.59 Å². The second-order valence-electron chi connectivity index (χ2n) is 5.83. The highest BCUT2D eigenvalue weighted by Crippen LogP contribution is 2.13. The Morgan fingerprint density at radius 1 is 1.10 bits per heavy atom. The molecule has 10 heteroatoms. The summed E-state index contributed by atoms with van der Waals surface area (Å²) in [6, 6.07) is 12.7. The summed E-state index contributed by atoms with van der Waals surface area (Å²) in [6.45, 7) is -0.200. The maximum atomic E-state index is 12.0. The average molecular weight is 392 g/mol. The maximum absolute atomic E-state index is 12.0. The van der Waals surface area contributed by atoms with Gasteiger partial charge in [-0.25, -0.2) is 9.67 Å². The van der Waals surface area contributed by atoms with Gasteiger partial charge < -0.3 is 10.6 Å². The van der Waals surface area contributed by atoms with E-state index in [9.17, 15) is 19.7 Å². The lowest BCUT2D eigenvalue weighted by atomic mass is 10.2. The van der Waals surface area contributed by atoms with E-state index in [1.54, 1.807) is 35.3 Å². The molecule has 2 amide bonds. The molecular weight excluding hydrogens is 376 g/mol. The molecular formula is C19H16N6O4. The molecule has 0 radical (unpaired) electrons. The molecule has 10 nitrogen and oxygen atoms in total. The van der Waals surface area contributed by atoms with Crippen LogP contribution in [0.3, 0.4) is 0 Å². The lowest BCUT2D eigenvalue weighted by Gasteiger charge is -2.07. The highest BCUT2D eigenvalue weighted by molar-refractivity contribution is 5.98. The van der Waals surface area contributed by atoms with Crippen LogP contribution in [0.2, 0.25) is 0 Å². The molecule has 1 aromatic heterocycles. The molecule has 0 atom stereocenters. The Kier molecular flexibility index (Phi) is 6.05. The Morgan fingerprint density at radius 2 is 1.83 bits per heavy atom. The standard InChI is InChI=1S/C19H16N6O4/c26-18(10-3-14-1-6-17(7-2-14)25(28)29)21-11-19(27)23-15-4-8-16(9-5-15)24-13-20-12-22-24/h1-10,12-13H,11H2,(H,21,26)(H,23,27). The van der Waals surface area contributed by atoms with E-state index in [1.807, 2.05) is 0 Å². The first kappa shape index (κ1) is 19.4. The average Bonchev–Trinajstić information content (AvgIpc) is 3.26. The van der Waals surface area contributed by atoms with Gasteiger partial charge in [0.1, 0.15) is 12.7 Å². The molecule has 3 aromatic rings. The molecule has 0 unspecified atom stereocenters. The molecule has 0 bridgehead atoms. The van der Waals surface area contributed by atoms with Crippen molar-refractivity contribution in [3.63, 3.8) is 0 Å². The summed E-state index contributed by atoms with van der Waals surface area (Å²) in [4.78, 5) is 37.8. The largest absolute Gasteiger partial charge is 0.343 e. The van der Waals surface area contributed by atoms with Gasteiger partial charge in [-0.05, 0) is 48.0 Å². The second-order valence-corrected chi connectivity index (χ2v) is 5.83. The predicted octanol–water partition coefficient (Wildman–Crippen LogP) is 1.94. The van der Waals surface area contributed by atoms with Crippen molar-refractivity contribution < 1.29 is 14.5 Å². The van der Waals surface area contributed by atoms with Crippen LogP contribution in [0.15, 0.2) is 67.3 Å². The van der Waals surface area contributed by atoms with Gasteiger partial charge in [-0.1, -0.05) is 0 Å². The maximum Gasteiger partial charge on any atom is 0.269 e. The summed E-state index contributed by atoms with van der Waals surface area (Å²) >= 11 is 0. The molecule has 146 valence electrons. The van der Waals surface area contributed by atoms with Gasteiger partial charge in [0.15, 0.2) is 0 Å². The number of nitro benzene ring substituents is 1. The topological polar surface area (TPSA) is 132 Å². The number of nitrogens with zero attached hydrogens (tertiary/aromatic N) is 4. The molecule has 0 saturated carbocycles. The predicted molar refractivity (Wildman–Crippen MR) is 105 cm³/mol. The van der Waals surface area contributed by atoms with Gasteiger partial charge in [0.25, 0.3) is 5.69 Å². The number of aromatic nitrogens is 3. The highest BCUT2D eigenvalue weighted by Gasteiger charge is 2.06. The number of rotatable bonds is 7. The molecule has 0 spiro atoms. The van der Waals surface area contributed by atoms with E-state index >= 15 is 0 Å². The Morgan fingerprint density at radius 3 is 2.45 bits per heavy atom. The first-order valence-electron chi connectivity index (χ1n) is 8.46. The van der Waals surface area contributed by atoms with Gasteiger partial charge in [-0.15, -0.1) is 0 Å². The lowest BCUT2D eigenvalue weighted by Crippen LogP contribution is -2.31. The fourth-order valence-electron chi connectivity index (χ4n) is 2.35. The number of carbonyl (C=O) groups is 2. The van der Waals surface area contributed by atoms with E-state index in [0.717, 1.165) is 5.69 Å². The molecule has 3 rings (SSSR count). The Hall–Kier alpha value is -4.34. The monoisotopic (exact) mass is 392 g/mol. The van der Waals surface area contributed by atoms with Crippen molar-refractivity contribution in [3.8, 4) is 5.69 Å². The van der Waals surface area contributed by atoms with E-state index in [4.69, 9.17) is 0 Å². The molecule has 0 saturated heterocycles. The Labute approximate surface area is 165 Å². The molecule has 0 fully saturated rings. The van der Waals surface area contributed by atoms with Crippen molar-refractivity contribution in [2.24, 2.45) is 0 Å². The third-order valence-corrected chi connectivity index (χ3v) is 3.79. The zero-order valence-electron chi connectivity index (χ0n) is 15.1. The van der Waals surface area contributed by atoms with Crippen molar-refractivity contribution in [1.82, 2.24) is 20.1 Å². The van der Waals surface area contributed by atoms with Gasteiger partial charge in [-0.2, -0.15) is 5.10 Å². The number of hydrogen-bond donors (Lipinski definition) is 2. The zero-order valence-corrected chi connectivity index (χ0v) is 15.1. The number of benzene rings is 2. The van der Waals surface area contributed by atoms with E-state index in [0.29, 0.717) is 11.3 Å². The molecule has 2 N–H and O–H groups in total. The van der Waals surface area contributed by atoms with Crippen molar-refractivity contribution in [1.29, 1.82) is 0 Å². The number of carbonyl (C=O) groups excluding carboxylic acids is 2. The number of anilines is 1. The van der Waals surface area contributed by atoms with Gasteiger partial charge in [0.05, 0.1) is 17.2 Å². The number of non-ortho nitro benzene ring substituents is 1. The second kappa shape index (κ2) is 9.04. The fourth-order valence-corrected chi connectivity index (χ4v) is 2.35. The van der Waals surface area contributed by atoms with Crippen molar-refractivity contribution >= 4 is 29.3 Å². The fraction of sp³-hybridized carbons (Fsp3) is 0.0526. The molecule has 0 aliphatic heterocycles. The van der Waals surface area contributed by atoms with Gasteiger partial charge in [0, 0.05) is 23.9 Å². The lowest BCUT2D eigenvalue weighted by molar-refractivity contribution is -0.384. The van der Waals surface area contributed by atoms with Crippen molar-refractivity contribution in [2.45, 2.75) is 0 Å². The summed E-state index contributed by atoms with van der Waals surface area (Å²) in [6.07, 6.45) is 5.74. The summed E-state index contributed by atoms with van der Waals surface area (Å²) in [5, 5.41) is 19.8. The minimum atomic E-state index is -0.499. The van der Waals surface area contributed by atoms with E-state index in [-0.39, 0.29) is 18.1 Å². The third kappa shape index (κ3) is 5.57. The molecule has 0 aliphatic rings. The highest BCUT2D eigenvalue weighted by atomic mass is 16.6. The first-order chi connectivity index (χ1) is 14.0. The summed E-state index contributed by atoms with van der Waals surface area (Å²) in [7, 11) is 0. The molecule has 2 aromatic carbocycles. The summed E-state index contributed by atoms with van der Waals surface area (Å²) in [5.74, 6) is -0.837. The van der Waals surface area contributed by atoms with Crippen LogP contribution < -0.4 is 10.6 Å². The van der Waals surface area contributed by atoms with E-state index in [2.05, 4.69) is 20.7 Å². The zero-order chi connectivity index (χ0) is 20.6. The Balaban J connectivity index is 1.46. The summed E-state index contributed by atoms with van der Waals surface area (Å²) in [5.41, 5.74) is 1.97. The van der Waals surface area contributed by atoms with Crippen LogP contribution in [-0.4, -0.2) is 38.0 Å². The number of nitrogens with one attached hydrogen (secondary N) is 2. The Bertz CT molecular complexity index is 1030. The third-order valence-electron chi connectivity index (χ3n) is 3.79. The van der Waals surface area contributed by atoms with Crippen molar-refractivity contribution in [2.75, 3.05) is 11.9 Å². The summed E-state index contributed by atoms with van der Waals surface area (Å²) < 4.78 is 1.59. The van der Waals surface area contributed by atoms with Crippen molar-refractivity contribution in [3.05, 3.63) is 82.9 Å². The van der Waals surface area contributed by atoms with E-state index < -0.39 is 10.8 Å². The van der Waals surface area contributed by atoms with Crippen LogP contribution in [0.4, 0.5) is 11.4 Å². The van der Waals surface area contributed by atoms with Crippen LogP contribution in [0.5, 0.6) is 0 Å². The quantitative estimate of drug-likeness (QED) is 0.359. The minimum Gasteiger partial charge on any atom is -0.343 e. The number of amides is 2. The van der Waals surface area contributed by atoms with Gasteiger partial charge in [-0.3, -0.25) is 19.7 Å². The SMILES string of the molecule is O=C(C=Cc1ccc([N+](=O)[O-])cc1)NCC(=O)Nc1ccc(-n2cncn2)cc1. The minimum absolute atomic E-state index is 0.0300. The van der Waals surface area contributed by atoms with Crippen LogP contribution in [0, 0.1) is 10.1 Å². The van der Waals surface area contributed by atoms with Crippen LogP contribution >= 0.6 is 0 Å². The smallest absolute Gasteiger partial charge is 0.269 e. The van der Waals surface area contributed by atoms with Crippen LogP contribution in [0.25, 0.3) is 11.8 Å². The molecule has 0 aliphatic carbocycles.